The van der Waals surface area contributed by atoms with E-state index in [0.717, 1.165) is 38.8 Å². The molecule has 7 fully saturated rings. The van der Waals surface area contributed by atoms with Crippen LogP contribution in [0.5, 0.6) is 0 Å². The van der Waals surface area contributed by atoms with Crippen LogP contribution in [0, 0.1) is 34.5 Å². The molecule has 3 spiro atoms. The summed E-state index contributed by atoms with van der Waals surface area (Å²) in [5.74, 6) is 0.813. The molecule has 1 N–H and O–H groups in total. The predicted octanol–water partition coefficient (Wildman–Crippen LogP) is 1.29. The monoisotopic (exact) mass is 479 g/mol. The van der Waals surface area contributed by atoms with Gasteiger partial charge in [0.15, 0.2) is 0 Å². The second-order valence-corrected chi connectivity index (χ2v) is 12.2. The zero-order valence-electron chi connectivity index (χ0n) is 21.2. The molecule has 2 aliphatic heterocycles. The standard InChI is InChI=1S/C26H41NO7/c1-6-27-11-23(12-29-2)8-7-17(31-4)25-15-9-14-16(30-3)10-24(18(15)19(14)32-5)26(22(25)27,34-13-33-24)21(28)20(23)25/h14-22,28H,6-13H2,1-5H3/t14-,15?,16+,17+,18?,19+,20?,21+,22-,23+,24?,25+,26-/m1/s1. The van der Waals surface area contributed by atoms with Gasteiger partial charge in [0.25, 0.3) is 0 Å². The van der Waals surface area contributed by atoms with Gasteiger partial charge in [0.1, 0.15) is 18.0 Å². The number of rotatable bonds is 6. The Labute approximate surface area is 202 Å². The Morgan fingerprint density at radius 3 is 2.59 bits per heavy atom. The van der Waals surface area contributed by atoms with Crippen LogP contribution in [-0.2, 0) is 28.4 Å². The van der Waals surface area contributed by atoms with Gasteiger partial charge in [-0.25, -0.2) is 0 Å². The summed E-state index contributed by atoms with van der Waals surface area (Å²) < 4.78 is 38.3. The van der Waals surface area contributed by atoms with Crippen LogP contribution in [0.2, 0.25) is 0 Å². The number of hydrogen-bond acceptors (Lipinski definition) is 8. The van der Waals surface area contributed by atoms with Gasteiger partial charge in [0.05, 0.1) is 37.1 Å². The smallest absolute Gasteiger partial charge is 0.148 e. The third-order valence-electron chi connectivity index (χ3n) is 12.0. The summed E-state index contributed by atoms with van der Waals surface area (Å²) in [6.45, 7) is 4.93. The average molecular weight is 480 g/mol. The van der Waals surface area contributed by atoms with E-state index >= 15 is 0 Å². The summed E-state index contributed by atoms with van der Waals surface area (Å²) in [6.07, 6.45) is 3.20. The Morgan fingerprint density at radius 1 is 1.09 bits per heavy atom. The highest BCUT2D eigenvalue weighted by atomic mass is 16.7. The first-order chi connectivity index (χ1) is 16.5. The zero-order chi connectivity index (χ0) is 23.7. The number of nitrogens with zero attached hydrogens (tertiary/aromatic N) is 1. The van der Waals surface area contributed by atoms with Gasteiger partial charge in [-0.1, -0.05) is 6.92 Å². The Morgan fingerprint density at radius 2 is 1.91 bits per heavy atom. The van der Waals surface area contributed by atoms with Crippen LogP contribution in [0.4, 0.5) is 0 Å². The summed E-state index contributed by atoms with van der Waals surface area (Å²) >= 11 is 0. The Kier molecular flexibility index (Phi) is 4.81. The van der Waals surface area contributed by atoms with E-state index in [4.69, 9.17) is 28.4 Å². The number of fused-ring (bicyclic) bond motifs is 1. The molecule has 5 saturated carbocycles. The van der Waals surface area contributed by atoms with Crippen LogP contribution in [0.1, 0.15) is 32.6 Å². The van der Waals surface area contributed by atoms with Crippen LogP contribution in [0.3, 0.4) is 0 Å². The van der Waals surface area contributed by atoms with E-state index < -0.39 is 17.3 Å². The molecule has 5 aliphatic carbocycles. The Hall–Kier alpha value is -0.320. The highest BCUT2D eigenvalue weighted by Crippen LogP contribution is 2.82. The molecule has 0 aromatic heterocycles. The first-order valence-electron chi connectivity index (χ1n) is 13.2. The number of piperidine rings is 1. The van der Waals surface area contributed by atoms with Gasteiger partial charge in [0.2, 0.25) is 0 Å². The van der Waals surface area contributed by atoms with Gasteiger partial charge in [-0.05, 0) is 31.7 Å². The number of likely N-dealkylation sites (N-methyl/N-ethyl adjacent to an activating group) is 1. The van der Waals surface area contributed by atoms with Crippen LogP contribution in [-0.4, -0.2) is 107 Å². The fourth-order valence-electron chi connectivity index (χ4n) is 11.7. The molecule has 7 rings (SSSR count). The summed E-state index contributed by atoms with van der Waals surface area (Å²) in [5.41, 5.74) is -1.83. The van der Waals surface area contributed by atoms with Crippen molar-refractivity contribution in [1.82, 2.24) is 4.90 Å². The third kappa shape index (κ3) is 2.05. The van der Waals surface area contributed by atoms with Crippen molar-refractivity contribution in [3.8, 4) is 0 Å². The molecule has 8 heteroatoms. The van der Waals surface area contributed by atoms with E-state index in [9.17, 15) is 5.11 Å². The molecular formula is C26H41NO7. The van der Waals surface area contributed by atoms with E-state index in [2.05, 4.69) is 11.8 Å². The van der Waals surface area contributed by atoms with Crippen molar-refractivity contribution in [2.45, 2.75) is 74.3 Å². The first kappa shape index (κ1) is 22.8. The van der Waals surface area contributed by atoms with Gasteiger partial charge in [0, 0.05) is 70.0 Å². The normalized spacial score (nSPS) is 61.1. The van der Waals surface area contributed by atoms with Crippen molar-refractivity contribution < 1.29 is 33.5 Å². The number of aliphatic hydroxyl groups is 1. The number of methoxy groups -OCH3 is 4. The Bertz CT molecular complexity index is 859. The number of ether oxygens (including phenoxy) is 6. The highest BCUT2D eigenvalue weighted by Gasteiger charge is 2.93. The maximum Gasteiger partial charge on any atom is 0.148 e. The number of hydrogen-bond donors (Lipinski definition) is 1. The van der Waals surface area contributed by atoms with Crippen molar-refractivity contribution in [1.29, 1.82) is 0 Å². The molecule has 2 saturated heterocycles. The van der Waals surface area contributed by atoms with E-state index in [1.807, 2.05) is 21.3 Å². The fourth-order valence-corrected chi connectivity index (χ4v) is 11.7. The minimum Gasteiger partial charge on any atom is -0.390 e. The fraction of sp³-hybridized carbons (Fsp3) is 1.00. The maximum absolute atomic E-state index is 12.6. The molecule has 7 aliphatic rings. The second kappa shape index (κ2) is 7.16. The molecular weight excluding hydrogens is 438 g/mol. The van der Waals surface area contributed by atoms with Crippen molar-refractivity contribution in [3.05, 3.63) is 0 Å². The largest absolute Gasteiger partial charge is 0.390 e. The van der Waals surface area contributed by atoms with Gasteiger partial charge in [-0.2, -0.15) is 0 Å². The van der Waals surface area contributed by atoms with Gasteiger partial charge in [-0.15, -0.1) is 0 Å². The molecule has 2 heterocycles. The van der Waals surface area contributed by atoms with Crippen molar-refractivity contribution in [2.75, 3.05) is 54.9 Å². The molecule has 0 aromatic carbocycles. The quantitative estimate of drug-likeness (QED) is 0.611. The lowest BCUT2D eigenvalue weighted by Gasteiger charge is -2.70. The minimum absolute atomic E-state index is 0.0240. The second-order valence-electron chi connectivity index (χ2n) is 12.2. The minimum atomic E-state index is -0.825. The summed E-state index contributed by atoms with van der Waals surface area (Å²) in [5, 5.41) is 12.6. The molecule has 7 bridgehead atoms. The van der Waals surface area contributed by atoms with Gasteiger partial charge >= 0.3 is 0 Å². The highest BCUT2D eigenvalue weighted by molar-refractivity contribution is 5.42. The topological polar surface area (TPSA) is 78.9 Å². The lowest BCUT2D eigenvalue weighted by molar-refractivity contribution is -0.287. The van der Waals surface area contributed by atoms with Gasteiger partial charge in [-0.3, -0.25) is 4.90 Å². The van der Waals surface area contributed by atoms with Crippen molar-refractivity contribution in [2.24, 2.45) is 34.5 Å². The molecule has 0 aromatic rings. The maximum atomic E-state index is 12.6. The first-order valence-corrected chi connectivity index (χ1v) is 13.2. The van der Waals surface area contributed by atoms with E-state index in [1.54, 1.807) is 7.11 Å². The van der Waals surface area contributed by atoms with E-state index in [0.29, 0.717) is 18.4 Å². The lowest BCUT2D eigenvalue weighted by atomic mass is 9.42. The van der Waals surface area contributed by atoms with Crippen molar-refractivity contribution in [3.63, 3.8) is 0 Å². The molecule has 34 heavy (non-hydrogen) atoms. The predicted molar refractivity (Wildman–Crippen MR) is 121 cm³/mol. The van der Waals surface area contributed by atoms with Crippen molar-refractivity contribution >= 4 is 0 Å². The van der Waals surface area contributed by atoms with E-state index in [1.165, 1.54) is 0 Å². The Balaban J connectivity index is 1.55. The molecule has 13 atom stereocenters. The molecule has 192 valence electrons. The number of likely N-dealkylation sites (tertiary alicyclic amines) is 1. The third-order valence-corrected chi connectivity index (χ3v) is 12.0. The molecule has 4 unspecified atom stereocenters. The molecule has 0 amide bonds. The SMILES string of the molecule is CCN1C[C@]2(COC)CC[C@H](OC)[C@]34C5C[C@@H]6[C@@H](OC)CC7(OCO[C@@]7([C@H]13)[C@@H](O)C24)C5[C@H]6OC. The van der Waals surface area contributed by atoms with Crippen LogP contribution in [0.15, 0.2) is 0 Å². The van der Waals surface area contributed by atoms with Crippen LogP contribution in [0.25, 0.3) is 0 Å². The van der Waals surface area contributed by atoms with Crippen LogP contribution >= 0.6 is 0 Å². The molecule has 8 nitrogen and oxygen atoms in total. The number of aliphatic hydroxyl groups excluding tert-OH is 1. The summed E-state index contributed by atoms with van der Waals surface area (Å²) in [7, 11) is 7.32. The zero-order valence-corrected chi connectivity index (χ0v) is 21.2. The van der Waals surface area contributed by atoms with E-state index in [-0.39, 0.29) is 53.8 Å². The summed E-state index contributed by atoms with van der Waals surface area (Å²) in [6, 6.07) is 0.0378. The lowest BCUT2D eigenvalue weighted by Crippen LogP contribution is -2.81. The van der Waals surface area contributed by atoms with Gasteiger partial charge < -0.3 is 33.5 Å². The average Bonchev–Trinajstić information content (AvgIpc) is 3.42. The summed E-state index contributed by atoms with van der Waals surface area (Å²) in [4.78, 5) is 2.61. The molecule has 0 radical (unpaired) electrons. The van der Waals surface area contributed by atoms with Crippen LogP contribution < -0.4 is 0 Å².